The Morgan fingerprint density at radius 2 is 0.969 bits per heavy atom. The highest BCUT2D eigenvalue weighted by molar-refractivity contribution is 5.78. The van der Waals surface area contributed by atoms with Crippen LogP contribution in [-0.2, 0) is 38.1 Å². The van der Waals surface area contributed by atoms with Crippen molar-refractivity contribution in [3.63, 3.8) is 0 Å². The van der Waals surface area contributed by atoms with E-state index in [0.29, 0.717) is 51.7 Å². The molecule has 14 N–H and O–H groups in total. The summed E-state index contributed by atoms with van der Waals surface area (Å²) in [6.07, 6.45) is 0.249. The summed E-state index contributed by atoms with van der Waals surface area (Å²) in [4.78, 5) is 83.8. The molecule has 2 aliphatic carbocycles. The molecular weight excluding hydrogens is 837 g/mol. The number of carbonyl (C=O) groups excluding carboxylic acids is 4. The second-order valence-electron chi connectivity index (χ2n) is 16.9. The Bertz CT molecular complexity index is 1470. The van der Waals surface area contributed by atoms with E-state index in [9.17, 15) is 39.0 Å². The Morgan fingerprint density at radius 3 is 1.25 bits per heavy atom. The summed E-state index contributed by atoms with van der Waals surface area (Å²) in [7, 11) is 0. The van der Waals surface area contributed by atoms with Crippen molar-refractivity contribution in [2.45, 2.75) is 136 Å². The van der Waals surface area contributed by atoms with Gasteiger partial charge in [-0.1, -0.05) is 60.3 Å². The largest absolute Gasteiger partial charge is 0.481 e. The van der Waals surface area contributed by atoms with Crippen LogP contribution in [0.25, 0.3) is 0 Å². The van der Waals surface area contributed by atoms with Crippen molar-refractivity contribution in [2.24, 2.45) is 74.3 Å². The zero-order chi connectivity index (χ0) is 48.1. The lowest BCUT2D eigenvalue weighted by molar-refractivity contribution is -0.146. The normalized spacial score (nSPS) is 24.2. The van der Waals surface area contributed by atoms with E-state index in [0.717, 1.165) is 0 Å². The minimum absolute atomic E-state index is 0. The molecule has 0 unspecified atom stereocenters. The molecule has 368 valence electrons. The lowest BCUT2D eigenvalue weighted by Gasteiger charge is -2.36. The number of amides is 4. The van der Waals surface area contributed by atoms with Gasteiger partial charge in [0.15, 0.2) is 11.9 Å². The monoisotopic (exact) mass is 917 g/mol. The van der Waals surface area contributed by atoms with Crippen molar-refractivity contribution in [1.82, 2.24) is 21.3 Å². The van der Waals surface area contributed by atoms with Gasteiger partial charge in [-0.15, -0.1) is 0 Å². The second kappa shape index (κ2) is 27.9. The van der Waals surface area contributed by atoms with E-state index in [1.807, 2.05) is 34.6 Å². The van der Waals surface area contributed by atoms with E-state index >= 15 is 0 Å². The highest BCUT2D eigenvalue weighted by Gasteiger charge is 2.55. The van der Waals surface area contributed by atoms with Crippen LogP contribution in [0.4, 0.5) is 9.59 Å². The first kappa shape index (κ1) is 55.0. The molecule has 22 heteroatoms. The Labute approximate surface area is 378 Å². The Morgan fingerprint density at radius 1 is 0.625 bits per heavy atom. The number of nitrogens with one attached hydrogen (secondary N) is 4. The quantitative estimate of drug-likeness (QED) is 0.0302. The van der Waals surface area contributed by atoms with E-state index in [-0.39, 0.29) is 82.1 Å². The zero-order valence-corrected chi connectivity index (χ0v) is 38.6. The average Bonchev–Trinajstić information content (AvgIpc) is 3.73. The van der Waals surface area contributed by atoms with E-state index in [1.165, 1.54) is 13.8 Å². The molecule has 22 nitrogen and oxygen atoms in total. The molecule has 0 radical (unpaired) electrons. The number of rotatable bonds is 28. The third-order valence-corrected chi connectivity index (χ3v) is 12.4. The fraction of sp³-hybridized carbons (Fsp3) is 0.810. The van der Waals surface area contributed by atoms with E-state index in [1.54, 1.807) is 0 Å². The number of aliphatic imine (C=N–C) groups is 2. The predicted octanol–water partition coefficient (Wildman–Crippen LogP) is 1.48. The fourth-order valence-corrected chi connectivity index (χ4v) is 9.25. The third-order valence-electron chi connectivity index (χ3n) is 12.4. The van der Waals surface area contributed by atoms with Crippen molar-refractivity contribution in [3.8, 4) is 0 Å². The molecule has 0 bridgehead atoms. The molecule has 10 atom stereocenters. The van der Waals surface area contributed by atoms with Crippen LogP contribution in [0, 0.1) is 41.4 Å². The number of hydrogen-bond acceptors (Lipinski definition) is 12. The van der Waals surface area contributed by atoms with E-state index < -0.39 is 84.2 Å². The average molecular weight is 917 g/mol. The standard InChI is InChI=1S/C42H76N10O12.H2/c1-8-25(9-2)33(49-23(6)53)31-29(51-39(43)44)20-27(37(55)56)35(31)63-41(59)47-14-18-61-16-12-22(5)13-17-62-19-15-48-42(60)64-36-28(38(57)58)21-30(52-40(45)46)32(36)34(50-24(7)54)26(10-3)11-4;/h22,25-36H,8-21H2,1-7H3,(H,47,59)(H,48,60)(H,49,53)(H,50,54)(H,55,56)(H,57,58)(H4,43,44,51)(H4,45,46,52);1H/t27-,28-,29+,30+,31+,32+,33+,34+,35+,36+;/m0./s1/i;1+2. The molecule has 0 aromatic rings. The summed E-state index contributed by atoms with van der Waals surface area (Å²) in [5.74, 6) is -6.91. The number of carboxylic acid groups (broad SMARTS) is 2. The summed E-state index contributed by atoms with van der Waals surface area (Å²) in [5, 5.41) is 31.3. The topological polar surface area (TPSA) is 357 Å². The van der Waals surface area contributed by atoms with E-state index in [4.69, 9.17) is 41.9 Å². The molecule has 0 aromatic carbocycles. The number of carbonyl (C=O) groups is 6. The number of nitrogens with two attached hydrogens (primary N) is 4. The van der Waals surface area contributed by atoms with Crippen LogP contribution in [-0.4, -0.2) is 134 Å². The SMILES string of the molecule is CCC(CC)[C@@H](NC(C)=O)[C@@H]1[C@H](OC(=O)NCCOCCC(C)CCOCCNC(=O)O[C@H]2[C@@H]([C@H](NC(C)=O)C(CC)CC)[C@H](N=C(N)N)C[C@@H]2C(=O)O)[C@@H](C(=O)O)C[C@H]1N=C(N)N.[3HH]. The molecule has 2 rings (SSSR count). The van der Waals surface area contributed by atoms with Gasteiger partial charge in [0.2, 0.25) is 11.8 Å². The van der Waals surface area contributed by atoms with Crippen LogP contribution < -0.4 is 44.2 Å². The zero-order valence-electron chi connectivity index (χ0n) is 38.6. The number of nitrogens with zero attached hydrogens (tertiary/aromatic N) is 2. The third kappa shape index (κ3) is 17.5. The molecule has 0 aromatic heterocycles. The van der Waals surface area contributed by atoms with Crippen LogP contribution in [0.15, 0.2) is 9.98 Å². The van der Waals surface area contributed by atoms with Gasteiger partial charge in [-0.25, -0.2) is 19.6 Å². The summed E-state index contributed by atoms with van der Waals surface area (Å²) in [6.45, 7) is 14.0. The Kier molecular flexibility index (Phi) is 24.0. The number of carboxylic acids is 2. The first-order valence-electron chi connectivity index (χ1n) is 22.5. The first-order chi connectivity index (χ1) is 30.3. The molecule has 64 heavy (non-hydrogen) atoms. The lowest BCUT2D eigenvalue weighted by Crippen LogP contribution is -2.52. The van der Waals surface area contributed by atoms with Crippen molar-refractivity contribution >= 4 is 47.9 Å². The number of aliphatic carboxylic acids is 2. The number of alkyl carbamates (subject to hydrolysis) is 2. The second-order valence-corrected chi connectivity index (χ2v) is 16.9. The molecule has 0 aliphatic heterocycles. The maximum Gasteiger partial charge on any atom is 0.407 e. The molecule has 0 heterocycles. The lowest BCUT2D eigenvalue weighted by atomic mass is 9.80. The van der Waals surface area contributed by atoms with Crippen LogP contribution in [0.3, 0.4) is 0 Å². The van der Waals surface area contributed by atoms with Crippen molar-refractivity contribution < 1.29 is 59.4 Å². The van der Waals surface area contributed by atoms with Crippen LogP contribution in [0.2, 0.25) is 0 Å². The Hall–Kier alpha value is -5.12. The summed E-state index contributed by atoms with van der Waals surface area (Å²) >= 11 is 0. The van der Waals surface area contributed by atoms with Gasteiger partial charge in [0.05, 0.1) is 37.1 Å². The summed E-state index contributed by atoms with van der Waals surface area (Å²) in [6, 6.07) is -2.50. The van der Waals surface area contributed by atoms with Crippen molar-refractivity contribution in [2.75, 3.05) is 39.5 Å². The first-order valence-corrected chi connectivity index (χ1v) is 22.5. The number of hydrogen-bond donors (Lipinski definition) is 10. The molecule has 2 saturated carbocycles. The molecule has 4 amide bonds. The maximum atomic E-state index is 13.0. The van der Waals surface area contributed by atoms with Gasteiger partial charge in [-0.2, -0.15) is 0 Å². The van der Waals surface area contributed by atoms with Gasteiger partial charge in [-0.05, 0) is 43.4 Å². The number of guanidine groups is 2. The maximum absolute atomic E-state index is 13.0. The van der Waals surface area contributed by atoms with Gasteiger partial charge >= 0.3 is 24.1 Å². The smallest absolute Gasteiger partial charge is 0.407 e. The number of ether oxygens (including phenoxy) is 4. The molecule has 2 aliphatic rings. The van der Waals surface area contributed by atoms with Gasteiger partial charge in [0.25, 0.3) is 0 Å². The predicted molar refractivity (Wildman–Crippen MR) is 240 cm³/mol. The minimum atomic E-state index is -1.17. The molecule has 0 spiro atoms. The van der Waals surface area contributed by atoms with Crippen molar-refractivity contribution in [3.05, 3.63) is 0 Å². The van der Waals surface area contributed by atoms with Gasteiger partial charge in [0.1, 0.15) is 12.2 Å². The Balaban J connectivity index is 0.0000211. The van der Waals surface area contributed by atoms with Crippen molar-refractivity contribution in [1.29, 1.82) is 0 Å². The highest BCUT2D eigenvalue weighted by atomic mass is 16.6. The molecule has 2 fully saturated rings. The molecule has 0 saturated heterocycles. The minimum Gasteiger partial charge on any atom is -0.481 e. The van der Waals surface area contributed by atoms with Crippen LogP contribution in [0.1, 0.15) is 101 Å². The van der Waals surface area contributed by atoms with Crippen LogP contribution >= 0.6 is 0 Å². The summed E-state index contributed by atoms with van der Waals surface area (Å²) < 4.78 is 22.9. The van der Waals surface area contributed by atoms with Crippen LogP contribution in [0.5, 0.6) is 0 Å². The highest BCUT2D eigenvalue weighted by Crippen LogP contribution is 2.43. The van der Waals surface area contributed by atoms with Gasteiger partial charge in [-0.3, -0.25) is 19.2 Å². The summed E-state index contributed by atoms with van der Waals surface area (Å²) in [5.41, 5.74) is 22.8. The fourth-order valence-electron chi connectivity index (χ4n) is 9.25. The van der Waals surface area contributed by atoms with E-state index in [2.05, 4.69) is 31.3 Å². The van der Waals surface area contributed by atoms with Gasteiger partial charge in [0, 0.05) is 65.5 Å². The van der Waals surface area contributed by atoms with Gasteiger partial charge < -0.3 is 73.4 Å². The molecular formula is C42H78N10O12.